The predicted molar refractivity (Wildman–Crippen MR) is 98.4 cm³/mol. The summed E-state index contributed by atoms with van der Waals surface area (Å²) in [6.07, 6.45) is 0. The van der Waals surface area contributed by atoms with Gasteiger partial charge in [-0.3, -0.25) is 4.79 Å². The lowest BCUT2D eigenvalue weighted by molar-refractivity contribution is 0.0943. The molecule has 0 aliphatic heterocycles. The van der Waals surface area contributed by atoms with Crippen molar-refractivity contribution in [2.24, 2.45) is 0 Å². The summed E-state index contributed by atoms with van der Waals surface area (Å²) in [7, 11) is 0. The Balaban J connectivity index is 1.95. The second kappa shape index (κ2) is 7.33. The Morgan fingerprint density at radius 2 is 1.50 bits per heavy atom. The first-order chi connectivity index (χ1) is 11.6. The molecule has 3 aromatic rings. The Morgan fingerprint density at radius 1 is 0.875 bits per heavy atom. The number of benzene rings is 3. The highest BCUT2D eigenvalue weighted by Gasteiger charge is 2.19. The van der Waals surface area contributed by atoms with Gasteiger partial charge in [0.25, 0.3) is 5.91 Å². The first-order valence-electron chi connectivity index (χ1n) is 7.82. The van der Waals surface area contributed by atoms with Crippen molar-refractivity contribution in [3.63, 3.8) is 0 Å². The summed E-state index contributed by atoms with van der Waals surface area (Å²) in [6.45, 7) is 2.06. The van der Waals surface area contributed by atoms with Gasteiger partial charge in [0.15, 0.2) is 0 Å². The van der Waals surface area contributed by atoms with Crippen LogP contribution >= 0.6 is 11.6 Å². The number of aryl methyl sites for hydroxylation is 1. The standard InChI is InChI=1S/C21H18ClNO/c1-15-7-5-6-10-19(15)20(16-8-3-2-4-9-16)23-21(24)17-11-13-18(22)14-12-17/h2-14,20H,1H3,(H,23,24)/t20-/m0/s1. The molecule has 0 radical (unpaired) electrons. The molecule has 2 nitrogen and oxygen atoms in total. The van der Waals surface area contributed by atoms with Crippen molar-refractivity contribution in [2.45, 2.75) is 13.0 Å². The highest BCUT2D eigenvalue weighted by atomic mass is 35.5. The number of carbonyl (C=O) groups excluding carboxylic acids is 1. The van der Waals surface area contributed by atoms with E-state index in [1.54, 1.807) is 24.3 Å². The van der Waals surface area contributed by atoms with E-state index in [1.807, 2.05) is 42.5 Å². The van der Waals surface area contributed by atoms with E-state index >= 15 is 0 Å². The van der Waals surface area contributed by atoms with E-state index in [0.717, 1.165) is 16.7 Å². The van der Waals surface area contributed by atoms with E-state index in [-0.39, 0.29) is 11.9 Å². The average molecular weight is 336 g/mol. The van der Waals surface area contributed by atoms with Crippen molar-refractivity contribution < 1.29 is 4.79 Å². The highest BCUT2D eigenvalue weighted by Crippen LogP contribution is 2.25. The molecule has 1 atom stereocenters. The topological polar surface area (TPSA) is 29.1 Å². The second-order valence-corrected chi connectivity index (χ2v) is 6.12. The third kappa shape index (κ3) is 3.66. The minimum absolute atomic E-state index is 0.122. The first kappa shape index (κ1) is 16.3. The summed E-state index contributed by atoms with van der Waals surface area (Å²) in [5, 5.41) is 3.76. The maximum atomic E-state index is 12.7. The number of hydrogen-bond acceptors (Lipinski definition) is 1. The lowest BCUT2D eigenvalue weighted by Crippen LogP contribution is -2.29. The fourth-order valence-corrected chi connectivity index (χ4v) is 2.84. The van der Waals surface area contributed by atoms with Gasteiger partial charge in [0.1, 0.15) is 0 Å². The van der Waals surface area contributed by atoms with Crippen LogP contribution in [0.15, 0.2) is 78.9 Å². The molecule has 0 spiro atoms. The van der Waals surface area contributed by atoms with Crippen LogP contribution in [-0.2, 0) is 0 Å². The molecule has 0 aromatic heterocycles. The fourth-order valence-electron chi connectivity index (χ4n) is 2.71. The van der Waals surface area contributed by atoms with Crippen LogP contribution in [0.4, 0.5) is 0 Å². The third-order valence-electron chi connectivity index (χ3n) is 4.01. The molecule has 3 heteroatoms. The lowest BCUT2D eigenvalue weighted by atomic mass is 9.94. The molecule has 0 fully saturated rings. The largest absolute Gasteiger partial charge is 0.341 e. The highest BCUT2D eigenvalue weighted by molar-refractivity contribution is 6.30. The number of hydrogen-bond donors (Lipinski definition) is 1. The van der Waals surface area contributed by atoms with E-state index in [0.29, 0.717) is 10.6 Å². The van der Waals surface area contributed by atoms with E-state index in [2.05, 4.69) is 24.4 Å². The van der Waals surface area contributed by atoms with Gasteiger partial charge in [-0.1, -0.05) is 66.2 Å². The first-order valence-corrected chi connectivity index (χ1v) is 8.20. The number of halogens is 1. The summed E-state index contributed by atoms with van der Waals surface area (Å²) in [5.41, 5.74) is 3.87. The molecule has 0 saturated carbocycles. The summed E-state index contributed by atoms with van der Waals surface area (Å²) >= 11 is 5.90. The van der Waals surface area contributed by atoms with Crippen LogP contribution in [0.3, 0.4) is 0 Å². The van der Waals surface area contributed by atoms with Gasteiger partial charge in [0.2, 0.25) is 0 Å². The molecule has 3 rings (SSSR count). The number of amides is 1. The Morgan fingerprint density at radius 3 is 2.17 bits per heavy atom. The van der Waals surface area contributed by atoms with Crippen molar-refractivity contribution >= 4 is 17.5 Å². The minimum atomic E-state index is -0.199. The summed E-state index contributed by atoms with van der Waals surface area (Å²) in [5.74, 6) is -0.122. The molecule has 120 valence electrons. The molecule has 24 heavy (non-hydrogen) atoms. The normalized spacial score (nSPS) is 11.8. The van der Waals surface area contributed by atoms with Crippen LogP contribution in [0.25, 0.3) is 0 Å². The Labute approximate surface area is 147 Å². The van der Waals surface area contributed by atoms with Crippen molar-refractivity contribution in [3.8, 4) is 0 Å². The van der Waals surface area contributed by atoms with Crippen molar-refractivity contribution in [1.82, 2.24) is 5.32 Å². The van der Waals surface area contributed by atoms with Gasteiger partial charge in [0, 0.05) is 10.6 Å². The van der Waals surface area contributed by atoms with Crippen molar-refractivity contribution in [2.75, 3.05) is 0 Å². The molecule has 3 aromatic carbocycles. The SMILES string of the molecule is Cc1ccccc1[C@@H](NC(=O)c1ccc(Cl)cc1)c1ccccc1. The number of rotatable bonds is 4. The third-order valence-corrected chi connectivity index (χ3v) is 4.27. The number of nitrogens with one attached hydrogen (secondary N) is 1. The Bertz CT molecular complexity index is 828. The zero-order valence-electron chi connectivity index (χ0n) is 13.4. The minimum Gasteiger partial charge on any atom is -0.341 e. The van der Waals surface area contributed by atoms with Gasteiger partial charge in [0.05, 0.1) is 6.04 Å². The maximum Gasteiger partial charge on any atom is 0.252 e. The van der Waals surface area contributed by atoms with Crippen molar-refractivity contribution in [1.29, 1.82) is 0 Å². The molecule has 0 aliphatic rings. The molecule has 0 aliphatic carbocycles. The molecule has 0 bridgehead atoms. The smallest absolute Gasteiger partial charge is 0.252 e. The molecule has 0 heterocycles. The summed E-state index contributed by atoms with van der Waals surface area (Å²) in [6, 6.07) is 24.8. The quantitative estimate of drug-likeness (QED) is 0.700. The average Bonchev–Trinajstić information content (AvgIpc) is 2.61. The molecular weight excluding hydrogens is 318 g/mol. The zero-order chi connectivity index (χ0) is 16.9. The maximum absolute atomic E-state index is 12.7. The molecular formula is C21H18ClNO. The Hall–Kier alpha value is -2.58. The van der Waals surface area contributed by atoms with Crippen LogP contribution in [0.1, 0.15) is 33.1 Å². The van der Waals surface area contributed by atoms with Crippen LogP contribution < -0.4 is 5.32 Å². The van der Waals surface area contributed by atoms with Gasteiger partial charge in [-0.15, -0.1) is 0 Å². The van der Waals surface area contributed by atoms with E-state index in [1.165, 1.54) is 0 Å². The molecule has 1 amide bonds. The van der Waals surface area contributed by atoms with Gasteiger partial charge in [-0.25, -0.2) is 0 Å². The summed E-state index contributed by atoms with van der Waals surface area (Å²) < 4.78 is 0. The van der Waals surface area contributed by atoms with Crippen molar-refractivity contribution in [3.05, 3.63) is 106 Å². The zero-order valence-corrected chi connectivity index (χ0v) is 14.1. The second-order valence-electron chi connectivity index (χ2n) is 5.68. The van der Waals surface area contributed by atoms with Crippen LogP contribution in [0.5, 0.6) is 0 Å². The monoisotopic (exact) mass is 335 g/mol. The fraction of sp³-hybridized carbons (Fsp3) is 0.0952. The van der Waals surface area contributed by atoms with Crippen LogP contribution in [-0.4, -0.2) is 5.91 Å². The van der Waals surface area contributed by atoms with E-state index in [4.69, 9.17) is 11.6 Å². The summed E-state index contributed by atoms with van der Waals surface area (Å²) in [4.78, 5) is 12.7. The molecule has 0 saturated heterocycles. The van der Waals surface area contributed by atoms with Crippen LogP contribution in [0.2, 0.25) is 5.02 Å². The van der Waals surface area contributed by atoms with Gasteiger partial charge in [-0.05, 0) is 47.9 Å². The number of carbonyl (C=O) groups is 1. The van der Waals surface area contributed by atoms with E-state index in [9.17, 15) is 4.79 Å². The van der Waals surface area contributed by atoms with E-state index < -0.39 is 0 Å². The van der Waals surface area contributed by atoms with Gasteiger partial charge < -0.3 is 5.32 Å². The predicted octanol–water partition coefficient (Wildman–Crippen LogP) is 5.17. The molecule has 1 N–H and O–H groups in total. The van der Waals surface area contributed by atoms with Crippen LogP contribution in [0, 0.1) is 6.92 Å². The lowest BCUT2D eigenvalue weighted by Gasteiger charge is -2.21. The van der Waals surface area contributed by atoms with Gasteiger partial charge >= 0.3 is 0 Å². The molecule has 0 unspecified atom stereocenters. The Kier molecular flexibility index (Phi) is 4.97. The van der Waals surface area contributed by atoms with Gasteiger partial charge in [-0.2, -0.15) is 0 Å².